The van der Waals surface area contributed by atoms with E-state index in [1.807, 2.05) is 0 Å². The van der Waals surface area contributed by atoms with Crippen molar-refractivity contribution in [1.82, 2.24) is 0 Å². The van der Waals surface area contributed by atoms with Crippen LogP contribution in [0.1, 0.15) is 51.9 Å². The average molecular weight is 163 g/mol. The number of unbranched alkanes of at least 4 members (excludes halogenated alkanes) is 1. The third kappa shape index (κ3) is 8.29. The molecule has 1 fully saturated rings. The molecule has 1 heteroatoms. The lowest BCUT2D eigenvalue weighted by molar-refractivity contribution is 0.886. The highest BCUT2D eigenvalue weighted by molar-refractivity contribution is 6.17. The fraction of sp³-hybridized carbons (Fsp3) is 1.00. The van der Waals surface area contributed by atoms with Gasteiger partial charge in [0.2, 0.25) is 0 Å². The van der Waals surface area contributed by atoms with E-state index in [1.165, 1.54) is 38.5 Å². The lowest BCUT2D eigenvalue weighted by Crippen LogP contribution is -1.65. The summed E-state index contributed by atoms with van der Waals surface area (Å²) in [5.41, 5.74) is 0. The van der Waals surface area contributed by atoms with E-state index in [-0.39, 0.29) is 0 Å². The van der Waals surface area contributed by atoms with E-state index in [1.54, 1.807) is 0 Å². The highest BCUT2D eigenvalue weighted by Gasteiger charge is 1.95. The second-order valence-electron chi connectivity index (χ2n) is 2.81. The second kappa shape index (κ2) is 9.29. The minimum Gasteiger partial charge on any atom is -0.127 e. The number of halogens is 1. The van der Waals surface area contributed by atoms with Crippen LogP contribution in [-0.4, -0.2) is 5.88 Å². The summed E-state index contributed by atoms with van der Waals surface area (Å²) in [6, 6.07) is 0. The average Bonchev–Trinajstić information content (AvgIpc) is 2.44. The molecule has 0 saturated heterocycles. The molecule has 0 atom stereocenters. The third-order valence-corrected chi connectivity index (χ3v) is 2.00. The topological polar surface area (TPSA) is 0 Å². The molecule has 0 aromatic rings. The standard InChI is InChI=1S/C5H10.C4H9Cl/c1-2-4-5-3-1;1-2-3-4-5/h1-5H2;2-4H2,1H3. The van der Waals surface area contributed by atoms with Gasteiger partial charge in [-0.3, -0.25) is 0 Å². The maximum absolute atomic E-state index is 5.30. The van der Waals surface area contributed by atoms with Gasteiger partial charge in [0, 0.05) is 5.88 Å². The van der Waals surface area contributed by atoms with Gasteiger partial charge in [-0.25, -0.2) is 0 Å². The molecule has 1 rings (SSSR count). The van der Waals surface area contributed by atoms with Crippen molar-refractivity contribution in [1.29, 1.82) is 0 Å². The van der Waals surface area contributed by atoms with Gasteiger partial charge in [0.25, 0.3) is 0 Å². The van der Waals surface area contributed by atoms with Crippen LogP contribution in [-0.2, 0) is 0 Å². The summed E-state index contributed by atoms with van der Waals surface area (Å²) >= 11 is 5.30. The van der Waals surface area contributed by atoms with E-state index >= 15 is 0 Å². The van der Waals surface area contributed by atoms with E-state index < -0.39 is 0 Å². The minimum atomic E-state index is 0.816. The predicted octanol–water partition coefficient (Wildman–Crippen LogP) is 3.98. The Morgan fingerprint density at radius 3 is 1.50 bits per heavy atom. The number of alkyl halides is 1. The Bertz CT molecular complexity index is 39.1. The molecule has 0 aromatic carbocycles. The fourth-order valence-electron chi connectivity index (χ4n) is 1.02. The van der Waals surface area contributed by atoms with Crippen molar-refractivity contribution in [3.8, 4) is 0 Å². The molecule has 0 radical (unpaired) electrons. The summed E-state index contributed by atoms with van der Waals surface area (Å²) in [7, 11) is 0. The number of rotatable bonds is 2. The lowest BCUT2D eigenvalue weighted by atomic mass is 10.4. The molecule has 0 nitrogen and oxygen atoms in total. The van der Waals surface area contributed by atoms with Gasteiger partial charge in [0.15, 0.2) is 0 Å². The van der Waals surface area contributed by atoms with Crippen LogP contribution in [0, 0.1) is 0 Å². The smallest absolute Gasteiger partial charge is 0.0223 e. The maximum Gasteiger partial charge on any atom is 0.0223 e. The molecule has 0 spiro atoms. The Kier molecular flexibility index (Phi) is 9.56. The summed E-state index contributed by atoms with van der Waals surface area (Å²) in [6.45, 7) is 2.13. The summed E-state index contributed by atoms with van der Waals surface area (Å²) < 4.78 is 0. The van der Waals surface area contributed by atoms with E-state index in [0.29, 0.717) is 0 Å². The lowest BCUT2D eigenvalue weighted by Gasteiger charge is -1.77. The van der Waals surface area contributed by atoms with Crippen molar-refractivity contribution in [2.45, 2.75) is 51.9 Å². The van der Waals surface area contributed by atoms with Crippen LogP contribution in [0.5, 0.6) is 0 Å². The molecule has 10 heavy (non-hydrogen) atoms. The number of hydrogen-bond donors (Lipinski definition) is 0. The summed E-state index contributed by atoms with van der Waals surface area (Å²) in [5.74, 6) is 0.816. The van der Waals surface area contributed by atoms with Crippen molar-refractivity contribution >= 4 is 11.6 Å². The van der Waals surface area contributed by atoms with Gasteiger partial charge in [-0.1, -0.05) is 45.4 Å². The van der Waals surface area contributed by atoms with E-state index in [4.69, 9.17) is 11.6 Å². The quantitative estimate of drug-likeness (QED) is 0.539. The molecular weight excluding hydrogens is 144 g/mol. The minimum absolute atomic E-state index is 0.816. The Balaban J connectivity index is 0.000000162. The molecule has 0 unspecified atom stereocenters. The van der Waals surface area contributed by atoms with Gasteiger partial charge in [-0.15, -0.1) is 11.6 Å². The summed E-state index contributed by atoms with van der Waals surface area (Å²) in [6.07, 6.45) is 9.87. The molecule has 1 aliphatic carbocycles. The van der Waals surface area contributed by atoms with Crippen molar-refractivity contribution in [3.05, 3.63) is 0 Å². The molecule has 0 N–H and O–H groups in total. The van der Waals surface area contributed by atoms with E-state index in [0.717, 1.165) is 12.3 Å². The van der Waals surface area contributed by atoms with Gasteiger partial charge in [-0.2, -0.15) is 0 Å². The monoisotopic (exact) mass is 162 g/mol. The van der Waals surface area contributed by atoms with Crippen molar-refractivity contribution in [2.75, 3.05) is 5.88 Å². The summed E-state index contributed by atoms with van der Waals surface area (Å²) in [5, 5.41) is 0. The van der Waals surface area contributed by atoms with Crippen LogP contribution in [0.4, 0.5) is 0 Å². The van der Waals surface area contributed by atoms with E-state index in [9.17, 15) is 0 Å². The van der Waals surface area contributed by atoms with Gasteiger partial charge >= 0.3 is 0 Å². The third-order valence-electron chi connectivity index (χ3n) is 1.74. The zero-order valence-corrected chi connectivity index (χ0v) is 7.79. The van der Waals surface area contributed by atoms with Crippen LogP contribution < -0.4 is 0 Å². The van der Waals surface area contributed by atoms with Crippen molar-refractivity contribution in [2.24, 2.45) is 0 Å². The van der Waals surface area contributed by atoms with Crippen LogP contribution in [0.25, 0.3) is 0 Å². The molecular formula is C9H19Cl. The van der Waals surface area contributed by atoms with Crippen LogP contribution in [0.15, 0.2) is 0 Å². The first kappa shape index (κ1) is 10.3. The molecule has 62 valence electrons. The van der Waals surface area contributed by atoms with Crippen molar-refractivity contribution in [3.63, 3.8) is 0 Å². The van der Waals surface area contributed by atoms with Crippen LogP contribution in [0.2, 0.25) is 0 Å². The molecule has 1 aliphatic rings. The normalized spacial score (nSPS) is 16.2. The molecule has 0 aliphatic heterocycles. The molecule has 0 heterocycles. The molecule has 1 saturated carbocycles. The van der Waals surface area contributed by atoms with Gasteiger partial charge in [0.05, 0.1) is 0 Å². The zero-order valence-electron chi connectivity index (χ0n) is 7.03. The predicted molar refractivity (Wildman–Crippen MR) is 48.7 cm³/mol. The first-order valence-electron chi connectivity index (χ1n) is 4.47. The van der Waals surface area contributed by atoms with Crippen molar-refractivity contribution < 1.29 is 0 Å². The first-order valence-corrected chi connectivity index (χ1v) is 5.01. The first-order chi connectivity index (χ1) is 4.91. The Morgan fingerprint density at radius 2 is 1.40 bits per heavy atom. The van der Waals surface area contributed by atoms with Gasteiger partial charge in [0.1, 0.15) is 0 Å². The Hall–Kier alpha value is 0.290. The van der Waals surface area contributed by atoms with Crippen LogP contribution in [0.3, 0.4) is 0 Å². The van der Waals surface area contributed by atoms with Gasteiger partial charge < -0.3 is 0 Å². The zero-order chi connectivity index (χ0) is 7.66. The largest absolute Gasteiger partial charge is 0.127 e. The number of hydrogen-bond acceptors (Lipinski definition) is 0. The second-order valence-corrected chi connectivity index (χ2v) is 3.19. The summed E-state index contributed by atoms with van der Waals surface area (Å²) in [4.78, 5) is 0. The highest BCUT2D eigenvalue weighted by atomic mass is 35.5. The molecule has 0 amide bonds. The SMILES string of the molecule is C1CCCC1.CCCCCl. The maximum atomic E-state index is 5.30. The Labute approximate surface area is 70.0 Å². The Morgan fingerprint density at radius 1 is 1.00 bits per heavy atom. The molecule has 0 bridgehead atoms. The van der Waals surface area contributed by atoms with Crippen LogP contribution >= 0.6 is 11.6 Å². The highest BCUT2D eigenvalue weighted by Crippen LogP contribution is 2.15. The molecule has 0 aromatic heterocycles. The van der Waals surface area contributed by atoms with E-state index in [2.05, 4.69) is 6.92 Å². The fourth-order valence-corrected chi connectivity index (χ4v) is 1.28. The van der Waals surface area contributed by atoms with Gasteiger partial charge in [-0.05, 0) is 6.42 Å².